The topological polar surface area (TPSA) is 61.9 Å². The first-order valence-electron chi connectivity index (χ1n) is 8.34. The van der Waals surface area contributed by atoms with Gasteiger partial charge in [0, 0.05) is 12.8 Å². The smallest absolute Gasteiger partial charge is 0.312 e. The molecule has 0 spiro atoms. The molecule has 5 nitrogen and oxygen atoms in total. The summed E-state index contributed by atoms with van der Waals surface area (Å²) in [6.45, 7) is -0.474. The average Bonchev–Trinajstić information content (AvgIpc) is 3.27. The van der Waals surface area contributed by atoms with Crippen LogP contribution in [0.15, 0.2) is 30.3 Å². The number of carbonyl (C=O) groups excluding carboxylic acids is 1. The van der Waals surface area contributed by atoms with Crippen molar-refractivity contribution in [3.8, 4) is 0 Å². The molecule has 0 amide bonds. The Morgan fingerprint density at radius 1 is 1.26 bits per heavy atom. The second kappa shape index (κ2) is 5.30. The fourth-order valence-corrected chi connectivity index (χ4v) is 4.53. The number of quaternary nitrogens is 1. The van der Waals surface area contributed by atoms with Crippen LogP contribution in [0.2, 0.25) is 0 Å². The van der Waals surface area contributed by atoms with Crippen LogP contribution in [0.25, 0.3) is 0 Å². The third-order valence-corrected chi connectivity index (χ3v) is 5.97. The summed E-state index contributed by atoms with van der Waals surface area (Å²) in [6.07, 6.45) is 2.25. The predicted octanol–water partition coefficient (Wildman–Crippen LogP) is 0.431. The van der Waals surface area contributed by atoms with Gasteiger partial charge in [0.05, 0.1) is 20.0 Å². The van der Waals surface area contributed by atoms with Crippen LogP contribution in [0.4, 0.5) is 0 Å². The molecule has 3 heterocycles. The van der Waals surface area contributed by atoms with Crippen molar-refractivity contribution in [2.24, 2.45) is 0 Å². The van der Waals surface area contributed by atoms with Gasteiger partial charge in [0.25, 0.3) is 0 Å². The minimum atomic E-state index is -0.705. The standard InChI is InChI=1S/C18H23NO4/c1-19(2)14-8-12(9-15(19)17-16(14)23-17)22-18(21)13(10-20)11-6-4-3-5-7-11/h3-7,12-17H,8-10H2,1-2H3/t12?,13-,14?,15?,16?,17?/m1/s1. The van der Waals surface area contributed by atoms with Crippen LogP contribution in [0.5, 0.6) is 0 Å². The van der Waals surface area contributed by atoms with E-state index in [9.17, 15) is 9.90 Å². The molecular formula is C18H23NO4. The molecule has 4 rings (SSSR count). The molecule has 23 heavy (non-hydrogen) atoms. The summed E-state index contributed by atoms with van der Waals surface area (Å²) >= 11 is 0. The fraction of sp³-hybridized carbons (Fsp3) is 0.611. The first-order chi connectivity index (χ1) is 11.0. The zero-order valence-corrected chi connectivity index (χ0v) is 13.6. The molecule has 1 aromatic rings. The highest BCUT2D eigenvalue weighted by molar-refractivity contribution is 5.78. The monoisotopic (exact) mass is 317 g/mol. The van der Waals surface area contributed by atoms with E-state index in [1.165, 1.54) is 0 Å². The predicted molar refractivity (Wildman–Crippen MR) is 81.5 cm³/mol. The van der Waals surface area contributed by atoms with Gasteiger partial charge < -0.3 is 19.1 Å². The Morgan fingerprint density at radius 3 is 2.43 bits per heavy atom. The molecule has 5 heteroatoms. The van der Waals surface area contributed by atoms with E-state index >= 15 is 0 Å². The summed E-state index contributed by atoms with van der Waals surface area (Å²) in [5, 5.41) is 11.5. The number of carbonyl (C=O) groups is 1. The number of hydrogen-bond acceptors (Lipinski definition) is 4. The van der Waals surface area contributed by atoms with E-state index in [-0.39, 0.29) is 12.1 Å². The molecule has 0 aliphatic carbocycles. The molecule has 4 unspecified atom stereocenters. The number of morpholine rings is 1. The van der Waals surface area contributed by atoms with Crippen LogP contribution >= 0.6 is 0 Å². The Balaban J connectivity index is 1.44. The van der Waals surface area contributed by atoms with Gasteiger partial charge in [0.2, 0.25) is 0 Å². The Labute approximate surface area is 136 Å². The van der Waals surface area contributed by atoms with Gasteiger partial charge in [-0.25, -0.2) is 0 Å². The number of nitrogens with zero attached hydrogens (tertiary/aromatic N) is 1. The minimum absolute atomic E-state index is 0.0854. The van der Waals surface area contributed by atoms with Crippen LogP contribution in [-0.4, -0.2) is 61.6 Å². The van der Waals surface area contributed by atoms with Crippen LogP contribution < -0.4 is 5.11 Å². The minimum Gasteiger partial charge on any atom is -0.854 e. The molecule has 3 fully saturated rings. The largest absolute Gasteiger partial charge is 0.854 e. The Morgan fingerprint density at radius 2 is 1.87 bits per heavy atom. The number of benzene rings is 1. The SMILES string of the molecule is C[N+]1(C)C2CC(OC(=O)[C@H](C[O-])c3ccccc3)CC1C1OC12. The van der Waals surface area contributed by atoms with Gasteiger partial charge in [-0.2, -0.15) is 0 Å². The number of ether oxygens (including phenoxy) is 2. The van der Waals surface area contributed by atoms with Gasteiger partial charge in [-0.05, 0) is 5.56 Å². The van der Waals surface area contributed by atoms with E-state index in [4.69, 9.17) is 9.47 Å². The zero-order valence-electron chi connectivity index (χ0n) is 13.6. The summed E-state index contributed by atoms with van der Waals surface area (Å²) in [7, 11) is 4.49. The number of epoxide rings is 1. The van der Waals surface area contributed by atoms with Gasteiger partial charge in [-0.15, -0.1) is 6.61 Å². The third-order valence-electron chi connectivity index (χ3n) is 5.97. The van der Waals surface area contributed by atoms with Crippen molar-refractivity contribution in [1.82, 2.24) is 0 Å². The number of rotatable bonds is 4. The molecule has 3 saturated heterocycles. The first-order valence-corrected chi connectivity index (χ1v) is 8.34. The molecule has 5 atom stereocenters. The Kier molecular flexibility index (Phi) is 3.48. The van der Waals surface area contributed by atoms with Crippen molar-refractivity contribution in [3.63, 3.8) is 0 Å². The van der Waals surface area contributed by atoms with Gasteiger partial charge in [-0.1, -0.05) is 30.3 Å². The Hall–Kier alpha value is -1.43. The summed E-state index contributed by atoms with van der Waals surface area (Å²) < 4.78 is 12.4. The zero-order chi connectivity index (χ0) is 16.2. The van der Waals surface area contributed by atoms with Crippen LogP contribution in [0, 0.1) is 0 Å². The highest BCUT2D eigenvalue weighted by Gasteiger charge is 2.70. The van der Waals surface area contributed by atoms with E-state index in [0.29, 0.717) is 24.3 Å². The fourth-order valence-electron chi connectivity index (χ4n) is 4.53. The Bertz CT molecular complexity index is 582. The molecule has 0 saturated carbocycles. The maximum atomic E-state index is 12.5. The van der Waals surface area contributed by atoms with Crippen molar-refractivity contribution < 1.29 is 23.9 Å². The third kappa shape index (κ3) is 2.38. The van der Waals surface area contributed by atoms with Gasteiger partial charge in [0.1, 0.15) is 30.4 Å². The lowest BCUT2D eigenvalue weighted by atomic mass is 9.95. The number of fused-ring (bicyclic) bond motifs is 5. The van der Waals surface area contributed by atoms with Crippen LogP contribution in [-0.2, 0) is 14.3 Å². The van der Waals surface area contributed by atoms with E-state index in [2.05, 4.69) is 14.1 Å². The summed E-state index contributed by atoms with van der Waals surface area (Å²) in [4.78, 5) is 12.5. The molecule has 0 N–H and O–H groups in total. The van der Waals surface area contributed by atoms with Crippen molar-refractivity contribution in [2.75, 3.05) is 20.7 Å². The van der Waals surface area contributed by atoms with E-state index < -0.39 is 12.5 Å². The van der Waals surface area contributed by atoms with Crippen LogP contribution in [0.1, 0.15) is 24.3 Å². The summed E-state index contributed by atoms with van der Waals surface area (Å²) in [5.41, 5.74) is 0.744. The van der Waals surface area contributed by atoms with Crippen molar-refractivity contribution >= 4 is 5.97 Å². The van der Waals surface area contributed by atoms with E-state index in [0.717, 1.165) is 22.9 Å². The molecule has 3 aliphatic rings. The molecular weight excluding hydrogens is 294 g/mol. The average molecular weight is 317 g/mol. The van der Waals surface area contributed by atoms with Crippen molar-refractivity contribution in [1.29, 1.82) is 0 Å². The molecule has 0 radical (unpaired) electrons. The summed E-state index contributed by atoms with van der Waals surface area (Å²) in [6, 6.07) is 10.0. The van der Waals surface area contributed by atoms with Gasteiger partial charge in [0.15, 0.2) is 0 Å². The maximum absolute atomic E-state index is 12.5. The van der Waals surface area contributed by atoms with E-state index in [1.807, 2.05) is 30.3 Å². The van der Waals surface area contributed by atoms with Gasteiger partial charge >= 0.3 is 5.97 Å². The lowest BCUT2D eigenvalue weighted by Crippen LogP contribution is -2.60. The first kappa shape index (κ1) is 15.1. The second-order valence-electron chi connectivity index (χ2n) is 7.49. The number of hydrogen-bond donors (Lipinski definition) is 0. The molecule has 3 aliphatic heterocycles. The highest BCUT2D eigenvalue weighted by Crippen LogP contribution is 2.51. The molecule has 124 valence electrons. The lowest BCUT2D eigenvalue weighted by Gasteiger charge is -2.45. The van der Waals surface area contributed by atoms with Crippen LogP contribution in [0.3, 0.4) is 0 Å². The maximum Gasteiger partial charge on any atom is 0.312 e. The highest BCUT2D eigenvalue weighted by atomic mass is 16.6. The van der Waals surface area contributed by atoms with E-state index in [1.54, 1.807) is 0 Å². The number of likely N-dealkylation sites (N-methyl/N-ethyl adjacent to an activating group) is 1. The lowest BCUT2D eigenvalue weighted by molar-refractivity contribution is -0.938. The van der Waals surface area contributed by atoms with Crippen molar-refractivity contribution in [3.05, 3.63) is 35.9 Å². The quantitative estimate of drug-likeness (QED) is 0.459. The normalized spacial score (nSPS) is 37.8. The summed E-state index contributed by atoms with van der Waals surface area (Å²) in [5.74, 6) is -1.08. The van der Waals surface area contributed by atoms with Crippen molar-refractivity contribution in [2.45, 2.75) is 49.2 Å². The molecule has 1 aromatic carbocycles. The number of esters is 1. The van der Waals surface area contributed by atoms with Gasteiger partial charge in [-0.3, -0.25) is 4.79 Å². The second-order valence-corrected chi connectivity index (χ2v) is 7.49. The molecule has 0 aromatic heterocycles. The molecule has 2 bridgehead atoms. The number of piperidine rings is 1.